The van der Waals surface area contributed by atoms with E-state index in [1.54, 1.807) is 0 Å². The van der Waals surface area contributed by atoms with Gasteiger partial charge in [-0.15, -0.1) is 13.2 Å². The van der Waals surface area contributed by atoms with Crippen LogP contribution in [-0.2, 0) is 6.32 Å². The van der Waals surface area contributed by atoms with E-state index in [1.807, 2.05) is 0 Å². The van der Waals surface area contributed by atoms with E-state index in [4.69, 9.17) is 0 Å². The molecule has 1 nitrogen and oxygen atoms in total. The summed E-state index contributed by atoms with van der Waals surface area (Å²) in [5.41, 5.74) is -0.0953. The maximum atomic E-state index is 12.0. The average molecular weight is 282 g/mol. The Labute approximate surface area is 136 Å². The number of hydrogen-bond acceptors (Lipinski definition) is 1. The van der Waals surface area contributed by atoms with E-state index in [0.717, 1.165) is 24.3 Å². The molecule has 1 rings (SSSR count). The quantitative estimate of drug-likeness (QED) is 0.611. The van der Waals surface area contributed by atoms with Gasteiger partial charge in [0.2, 0.25) is 0 Å². The molecule has 0 aliphatic rings. The zero-order valence-electron chi connectivity index (χ0n) is 8.77. The Hall–Kier alpha value is 0.301. The van der Waals surface area contributed by atoms with Crippen LogP contribution < -0.4 is 4.74 Å². The maximum absolute atomic E-state index is 12.0. The fourth-order valence-electron chi connectivity index (χ4n) is 1.09. The molecule has 1 aromatic carbocycles. The molecule has 0 heterocycles. The van der Waals surface area contributed by atoms with Crippen molar-refractivity contribution in [1.82, 2.24) is 0 Å². The molecule has 1 aromatic rings. The van der Waals surface area contributed by atoms with Crippen LogP contribution in [0.15, 0.2) is 24.3 Å². The number of rotatable bonds is 3. The van der Waals surface area contributed by atoms with E-state index in [0.29, 0.717) is 0 Å². The SMILES string of the molecule is F[B-](F)(F)Cc1ccc(OC(F)(F)F)cc1.[K]. The molecule has 0 spiro atoms. The van der Waals surface area contributed by atoms with E-state index in [9.17, 15) is 26.1 Å². The molecule has 0 bridgehead atoms. The minimum atomic E-state index is -4.99. The van der Waals surface area contributed by atoms with Crippen molar-refractivity contribution in [3.05, 3.63) is 29.8 Å². The van der Waals surface area contributed by atoms with Crippen LogP contribution in [0.3, 0.4) is 0 Å². The first kappa shape index (κ1) is 17.3. The van der Waals surface area contributed by atoms with Gasteiger partial charge in [-0.1, -0.05) is 24.0 Å². The summed E-state index contributed by atoms with van der Waals surface area (Å²) < 4.78 is 74.5. The van der Waals surface area contributed by atoms with Gasteiger partial charge >= 0.3 is 13.3 Å². The van der Waals surface area contributed by atoms with Crippen molar-refractivity contribution in [1.29, 1.82) is 0 Å². The van der Waals surface area contributed by atoms with Crippen LogP contribution in [0.25, 0.3) is 0 Å². The number of alkyl halides is 3. The zero-order chi connectivity index (χ0) is 12.4. The van der Waals surface area contributed by atoms with Crippen molar-refractivity contribution >= 4 is 58.4 Å². The number of ether oxygens (including phenoxy) is 1. The number of halogens is 6. The average Bonchev–Trinajstić information content (AvgIpc) is 2.03. The molecule has 0 unspecified atom stereocenters. The van der Waals surface area contributed by atoms with Gasteiger partial charge in [-0.2, -0.15) is 0 Å². The maximum Gasteiger partial charge on any atom is 0.573 e. The molecule has 0 fully saturated rings. The van der Waals surface area contributed by atoms with Gasteiger partial charge in [0.15, 0.2) is 0 Å². The van der Waals surface area contributed by atoms with Crippen molar-refractivity contribution in [2.45, 2.75) is 12.7 Å². The van der Waals surface area contributed by atoms with E-state index >= 15 is 0 Å². The van der Waals surface area contributed by atoms with Crippen molar-refractivity contribution in [3.63, 3.8) is 0 Å². The van der Waals surface area contributed by atoms with E-state index in [1.165, 1.54) is 0 Å². The Kier molecular flexibility index (Phi) is 6.58. The first-order valence-corrected chi connectivity index (χ1v) is 4.21. The predicted molar refractivity (Wildman–Crippen MR) is 51.7 cm³/mol. The van der Waals surface area contributed by atoms with Crippen LogP contribution in [0.4, 0.5) is 26.1 Å². The van der Waals surface area contributed by atoms with Crippen molar-refractivity contribution in [2.75, 3.05) is 0 Å². The Morgan fingerprint density at radius 1 is 1.00 bits per heavy atom. The summed E-state index contributed by atoms with van der Waals surface area (Å²) in [6.07, 6.45) is -5.96. The van der Waals surface area contributed by atoms with Gasteiger partial charge in [-0.25, -0.2) is 0 Å². The van der Waals surface area contributed by atoms with Gasteiger partial charge in [0.25, 0.3) is 0 Å². The molecule has 0 N–H and O–H groups in total. The molecule has 17 heavy (non-hydrogen) atoms. The smallest absolute Gasteiger partial charge is 0.449 e. The first-order chi connectivity index (χ1) is 7.16. The molecular formula is C8H6BF6KO-. The third-order valence-corrected chi connectivity index (χ3v) is 1.62. The second kappa shape index (κ2) is 6.46. The van der Waals surface area contributed by atoms with E-state index < -0.39 is 25.4 Å². The molecule has 9 heteroatoms. The summed E-state index contributed by atoms with van der Waals surface area (Å²) in [6, 6.07) is 3.61. The molecule has 1 radical (unpaired) electrons. The molecule has 91 valence electrons. The molecule has 0 aliphatic heterocycles. The molecule has 0 saturated carbocycles. The summed E-state index contributed by atoms with van der Waals surface area (Å²) in [5, 5.41) is 0. The van der Waals surface area contributed by atoms with Crippen LogP contribution >= 0.6 is 0 Å². The summed E-state index contributed by atoms with van der Waals surface area (Å²) in [4.78, 5) is 0. The predicted octanol–water partition coefficient (Wildman–Crippen LogP) is 3.13. The zero-order valence-corrected chi connectivity index (χ0v) is 11.9. The molecule has 0 aromatic heterocycles. The fraction of sp³-hybridized carbons (Fsp3) is 0.250. The minimum absolute atomic E-state index is 0. The summed E-state index contributed by atoms with van der Waals surface area (Å²) in [6.45, 7) is -4.99. The largest absolute Gasteiger partial charge is 0.573 e. The second-order valence-electron chi connectivity index (χ2n) is 3.11. The van der Waals surface area contributed by atoms with Gasteiger partial charge in [0.05, 0.1) is 0 Å². The molecular weight excluding hydrogens is 276 g/mol. The fourth-order valence-corrected chi connectivity index (χ4v) is 1.09. The Morgan fingerprint density at radius 3 is 1.82 bits per heavy atom. The third-order valence-electron chi connectivity index (χ3n) is 1.62. The molecule has 0 saturated heterocycles. The van der Waals surface area contributed by atoms with Gasteiger partial charge < -0.3 is 17.7 Å². The molecule has 0 amide bonds. The van der Waals surface area contributed by atoms with Crippen LogP contribution in [0.5, 0.6) is 5.75 Å². The topological polar surface area (TPSA) is 9.23 Å². The van der Waals surface area contributed by atoms with E-state index in [-0.39, 0.29) is 56.9 Å². The Balaban J connectivity index is 0.00000256. The van der Waals surface area contributed by atoms with Gasteiger partial charge in [-0.3, -0.25) is 0 Å². The minimum Gasteiger partial charge on any atom is -0.449 e. The molecule has 0 atom stereocenters. The van der Waals surface area contributed by atoms with Crippen LogP contribution in [0.2, 0.25) is 0 Å². The Morgan fingerprint density at radius 2 is 1.47 bits per heavy atom. The third kappa shape index (κ3) is 8.09. The standard InChI is InChI=1S/C8H6BF6O.K/c10-8(11,12)16-7-3-1-6(2-4-7)5-9(13,14)15;/h1-4H,5H2;/q-1;. The monoisotopic (exact) mass is 282 g/mol. The normalized spacial score (nSPS) is 11.9. The number of benzene rings is 1. The van der Waals surface area contributed by atoms with Crippen LogP contribution in [0, 0.1) is 0 Å². The summed E-state index contributed by atoms with van der Waals surface area (Å²) >= 11 is 0. The van der Waals surface area contributed by atoms with E-state index in [2.05, 4.69) is 4.74 Å². The van der Waals surface area contributed by atoms with Crippen LogP contribution in [0.1, 0.15) is 5.56 Å². The summed E-state index contributed by atoms with van der Waals surface area (Å²) in [7, 11) is 0. The van der Waals surface area contributed by atoms with Crippen molar-refractivity contribution in [3.8, 4) is 5.75 Å². The van der Waals surface area contributed by atoms with Crippen molar-refractivity contribution < 1.29 is 30.9 Å². The van der Waals surface area contributed by atoms with Gasteiger partial charge in [0, 0.05) is 51.4 Å². The van der Waals surface area contributed by atoms with Crippen LogP contribution in [-0.4, -0.2) is 64.7 Å². The first-order valence-electron chi connectivity index (χ1n) is 4.21. The second-order valence-corrected chi connectivity index (χ2v) is 3.11. The molecule has 0 aliphatic carbocycles. The number of hydrogen-bond donors (Lipinski definition) is 0. The van der Waals surface area contributed by atoms with Crippen molar-refractivity contribution in [2.24, 2.45) is 0 Å². The van der Waals surface area contributed by atoms with Gasteiger partial charge in [-0.05, 0) is 12.1 Å². The van der Waals surface area contributed by atoms with Gasteiger partial charge in [0.1, 0.15) is 5.75 Å². The summed E-state index contributed by atoms with van der Waals surface area (Å²) in [5.74, 6) is -0.536. The Bertz CT molecular complexity index is 312.